The summed E-state index contributed by atoms with van der Waals surface area (Å²) in [4.78, 5) is 27.7. The third-order valence-electron chi connectivity index (χ3n) is 4.99. The van der Waals surface area contributed by atoms with Crippen molar-refractivity contribution in [2.75, 3.05) is 20.4 Å². The lowest BCUT2D eigenvalue weighted by Crippen LogP contribution is -2.36. The van der Waals surface area contributed by atoms with E-state index in [0.717, 1.165) is 5.56 Å². The van der Waals surface area contributed by atoms with Crippen molar-refractivity contribution < 1.29 is 14.3 Å². The molecular weight excluding hydrogens is 372 g/mol. The van der Waals surface area contributed by atoms with Crippen LogP contribution in [0.5, 0.6) is 11.5 Å². The van der Waals surface area contributed by atoms with Crippen molar-refractivity contribution in [2.24, 2.45) is 7.05 Å². The maximum atomic E-state index is 13.1. The lowest BCUT2D eigenvalue weighted by molar-refractivity contribution is 0.0793. The molecule has 150 valence electrons. The van der Waals surface area contributed by atoms with Gasteiger partial charge in [0.05, 0.1) is 11.9 Å². The van der Waals surface area contributed by atoms with Crippen LogP contribution in [0.1, 0.15) is 21.5 Å². The van der Waals surface area contributed by atoms with Crippen LogP contribution >= 0.6 is 0 Å². The fourth-order valence-electron chi connectivity index (χ4n) is 3.32. The van der Waals surface area contributed by atoms with Crippen LogP contribution in [-0.2, 0) is 13.5 Å². The third kappa shape index (κ3) is 3.61. The van der Waals surface area contributed by atoms with Gasteiger partial charge in [0, 0.05) is 39.1 Å². The number of hydrogen-bond donors (Lipinski definition) is 0. The number of carbonyl (C=O) groups is 1. The molecule has 1 aliphatic heterocycles. The van der Waals surface area contributed by atoms with E-state index in [4.69, 9.17) is 9.47 Å². The summed E-state index contributed by atoms with van der Waals surface area (Å²) < 4.78 is 13.9. The van der Waals surface area contributed by atoms with Gasteiger partial charge in [-0.25, -0.2) is 0 Å². The van der Waals surface area contributed by atoms with E-state index in [1.807, 2.05) is 13.2 Å². The maximum Gasteiger partial charge on any atom is 0.268 e. The van der Waals surface area contributed by atoms with Crippen LogP contribution < -0.4 is 15.0 Å². The van der Waals surface area contributed by atoms with Gasteiger partial charge in [-0.1, -0.05) is 0 Å². The molecule has 8 nitrogen and oxygen atoms in total. The Hall–Kier alpha value is -3.55. The van der Waals surface area contributed by atoms with Gasteiger partial charge >= 0.3 is 0 Å². The summed E-state index contributed by atoms with van der Waals surface area (Å²) in [5, 5.41) is 4.14. The molecule has 4 rings (SSSR count). The number of carbonyl (C=O) groups excluding carboxylic acids is 1. The molecule has 3 aromatic rings. The lowest BCUT2D eigenvalue weighted by atomic mass is 10.1. The zero-order chi connectivity index (χ0) is 20.5. The first-order valence-electron chi connectivity index (χ1n) is 9.29. The molecule has 0 fully saturated rings. The van der Waals surface area contributed by atoms with E-state index in [9.17, 15) is 9.59 Å². The van der Waals surface area contributed by atoms with Crippen molar-refractivity contribution in [3.63, 3.8) is 0 Å². The summed E-state index contributed by atoms with van der Waals surface area (Å²) in [5.41, 5.74) is 2.10. The second-order valence-electron chi connectivity index (χ2n) is 7.09. The highest BCUT2D eigenvalue weighted by atomic mass is 16.7. The van der Waals surface area contributed by atoms with E-state index in [1.54, 1.807) is 60.2 Å². The van der Waals surface area contributed by atoms with Crippen LogP contribution in [0.3, 0.4) is 0 Å². The quantitative estimate of drug-likeness (QED) is 0.661. The number of hydrogen-bond acceptors (Lipinski definition) is 5. The highest BCUT2D eigenvalue weighted by molar-refractivity contribution is 5.95. The van der Waals surface area contributed by atoms with Crippen LogP contribution in [0.4, 0.5) is 0 Å². The van der Waals surface area contributed by atoms with Crippen LogP contribution in [0, 0.1) is 6.92 Å². The van der Waals surface area contributed by atoms with Crippen LogP contribution in [-0.4, -0.2) is 45.5 Å². The molecule has 29 heavy (non-hydrogen) atoms. The van der Waals surface area contributed by atoms with Crippen LogP contribution in [0.15, 0.2) is 47.7 Å². The van der Waals surface area contributed by atoms with Gasteiger partial charge in [0.25, 0.3) is 11.5 Å². The lowest BCUT2D eigenvalue weighted by Gasteiger charge is -2.18. The Bertz CT molecular complexity index is 1130. The van der Waals surface area contributed by atoms with Gasteiger partial charge in [0.1, 0.15) is 5.56 Å². The van der Waals surface area contributed by atoms with Gasteiger partial charge < -0.3 is 14.4 Å². The molecule has 0 aliphatic carbocycles. The Balaban J connectivity index is 1.60. The van der Waals surface area contributed by atoms with Crippen LogP contribution in [0.2, 0.25) is 0 Å². The van der Waals surface area contributed by atoms with Crippen LogP contribution in [0.25, 0.3) is 5.69 Å². The van der Waals surface area contributed by atoms with Gasteiger partial charge in [-0.15, -0.1) is 0 Å². The van der Waals surface area contributed by atoms with E-state index >= 15 is 0 Å². The number of ether oxygens (including phenoxy) is 2. The fourth-order valence-corrected chi connectivity index (χ4v) is 3.32. The highest BCUT2D eigenvalue weighted by Crippen LogP contribution is 2.33. The largest absolute Gasteiger partial charge is 0.454 e. The minimum atomic E-state index is -0.359. The van der Waals surface area contributed by atoms with E-state index in [0.29, 0.717) is 35.7 Å². The number of rotatable bonds is 5. The average molecular weight is 394 g/mol. The number of aryl methyl sites for hydroxylation is 2. The Kier molecular flexibility index (Phi) is 4.84. The van der Waals surface area contributed by atoms with Crippen molar-refractivity contribution in [1.82, 2.24) is 19.2 Å². The second kappa shape index (κ2) is 7.46. The van der Waals surface area contributed by atoms with E-state index in [1.165, 1.54) is 4.57 Å². The first-order valence-corrected chi connectivity index (χ1v) is 9.29. The number of benzene rings is 1. The molecule has 8 heteroatoms. The van der Waals surface area contributed by atoms with E-state index in [2.05, 4.69) is 5.10 Å². The molecule has 1 aromatic carbocycles. The maximum absolute atomic E-state index is 13.1. The SMILES string of the molecule is Cc1ccn(-c2ccc3c(c2)OCO3)c(=O)c1C(=O)N(C)CCc1cnn(C)c1. The first kappa shape index (κ1) is 18.8. The number of amides is 1. The zero-order valence-corrected chi connectivity index (χ0v) is 16.6. The molecule has 1 amide bonds. The smallest absolute Gasteiger partial charge is 0.268 e. The predicted octanol–water partition coefficient (Wildman–Crippen LogP) is 1.92. The van der Waals surface area contributed by atoms with Gasteiger partial charge in [0.2, 0.25) is 6.79 Å². The summed E-state index contributed by atoms with van der Waals surface area (Å²) in [5.74, 6) is 0.920. The molecule has 0 bridgehead atoms. The van der Waals surface area contributed by atoms with Gasteiger partial charge in [-0.3, -0.25) is 18.8 Å². The summed E-state index contributed by atoms with van der Waals surface area (Å²) in [6.45, 7) is 2.42. The van der Waals surface area contributed by atoms with Gasteiger partial charge in [-0.05, 0) is 42.7 Å². The standard InChI is InChI=1S/C21H22N4O4/c1-14-6-9-25(16-4-5-17-18(10-16)29-13-28-17)21(27)19(14)20(26)23(2)8-7-15-11-22-24(3)12-15/h4-6,9-12H,7-8,13H2,1-3H3. The number of aromatic nitrogens is 3. The topological polar surface area (TPSA) is 78.6 Å². The number of likely N-dealkylation sites (N-methyl/N-ethyl adjacent to an activating group) is 1. The Morgan fingerprint density at radius 3 is 2.79 bits per heavy atom. The molecule has 3 heterocycles. The molecule has 2 aromatic heterocycles. The minimum absolute atomic E-state index is 0.160. The molecule has 0 spiro atoms. The zero-order valence-electron chi connectivity index (χ0n) is 16.6. The molecule has 1 aliphatic rings. The Morgan fingerprint density at radius 1 is 1.24 bits per heavy atom. The minimum Gasteiger partial charge on any atom is -0.454 e. The predicted molar refractivity (Wildman–Crippen MR) is 107 cm³/mol. The van der Waals surface area contributed by atoms with E-state index in [-0.39, 0.29) is 23.8 Å². The molecular formula is C21H22N4O4. The van der Waals surface area contributed by atoms with Crippen molar-refractivity contribution >= 4 is 5.91 Å². The summed E-state index contributed by atoms with van der Waals surface area (Å²) in [6.07, 6.45) is 6.03. The average Bonchev–Trinajstić information content (AvgIpc) is 3.34. The monoisotopic (exact) mass is 394 g/mol. The van der Waals surface area contributed by atoms with Crippen molar-refractivity contribution in [3.8, 4) is 17.2 Å². The first-order chi connectivity index (χ1) is 13.9. The molecule has 0 saturated carbocycles. The molecule has 0 radical (unpaired) electrons. The molecule has 0 unspecified atom stereocenters. The molecule has 0 atom stereocenters. The normalized spacial score (nSPS) is 12.2. The van der Waals surface area contributed by atoms with Gasteiger partial charge in [0.15, 0.2) is 11.5 Å². The Morgan fingerprint density at radius 2 is 2.03 bits per heavy atom. The van der Waals surface area contributed by atoms with Gasteiger partial charge in [-0.2, -0.15) is 5.10 Å². The second-order valence-corrected chi connectivity index (χ2v) is 7.09. The van der Waals surface area contributed by atoms with Crippen molar-refractivity contribution in [1.29, 1.82) is 0 Å². The number of pyridine rings is 1. The van der Waals surface area contributed by atoms with E-state index < -0.39 is 0 Å². The number of nitrogens with zero attached hydrogens (tertiary/aromatic N) is 4. The van der Waals surface area contributed by atoms with Crippen molar-refractivity contribution in [2.45, 2.75) is 13.3 Å². The summed E-state index contributed by atoms with van der Waals surface area (Å²) >= 11 is 0. The highest BCUT2D eigenvalue weighted by Gasteiger charge is 2.21. The molecule has 0 saturated heterocycles. The fraction of sp³-hybridized carbons (Fsp3) is 0.286. The third-order valence-corrected chi connectivity index (χ3v) is 4.99. The summed E-state index contributed by atoms with van der Waals surface area (Å²) in [6, 6.07) is 7.03. The molecule has 0 N–H and O–H groups in total. The number of fused-ring (bicyclic) bond motifs is 1. The Labute approximate surface area is 167 Å². The van der Waals surface area contributed by atoms with Crippen molar-refractivity contribution in [3.05, 3.63) is 69.9 Å². The summed E-state index contributed by atoms with van der Waals surface area (Å²) in [7, 11) is 3.56.